The zero-order chi connectivity index (χ0) is 13.9. The summed E-state index contributed by atoms with van der Waals surface area (Å²) in [4.78, 5) is 8.79. The van der Waals surface area contributed by atoms with Crippen molar-refractivity contribution in [1.29, 1.82) is 0 Å². The van der Waals surface area contributed by atoms with Gasteiger partial charge >= 0.3 is 0 Å². The normalized spacial score (nSPS) is 10.7. The summed E-state index contributed by atoms with van der Waals surface area (Å²) in [7, 11) is 0. The monoisotopic (exact) mass is 327 g/mol. The van der Waals surface area contributed by atoms with Gasteiger partial charge in [-0.15, -0.1) is 0 Å². The van der Waals surface area contributed by atoms with E-state index >= 15 is 0 Å². The van der Waals surface area contributed by atoms with E-state index in [1.165, 1.54) is 0 Å². The second-order valence-electron chi connectivity index (χ2n) is 4.69. The van der Waals surface area contributed by atoms with Crippen LogP contribution in [0.15, 0.2) is 53.3 Å². The predicted octanol–water partition coefficient (Wildman–Crippen LogP) is 4.31. The van der Waals surface area contributed by atoms with Gasteiger partial charge in [0.25, 0.3) is 0 Å². The number of anilines is 1. The molecule has 0 fully saturated rings. The summed E-state index contributed by atoms with van der Waals surface area (Å²) in [5.74, 6) is 0. The van der Waals surface area contributed by atoms with Gasteiger partial charge in [-0.25, -0.2) is 0 Å². The Morgan fingerprint density at radius 3 is 2.90 bits per heavy atom. The highest BCUT2D eigenvalue weighted by Crippen LogP contribution is 2.22. The Bertz CT molecular complexity index is 756. The molecule has 3 rings (SSSR count). The van der Waals surface area contributed by atoms with Crippen LogP contribution in [-0.4, -0.2) is 9.97 Å². The van der Waals surface area contributed by atoms with Crippen LogP contribution in [0.1, 0.15) is 11.3 Å². The minimum absolute atomic E-state index is 0.723. The average Bonchev–Trinajstić information content (AvgIpc) is 2.45. The highest BCUT2D eigenvalue weighted by atomic mass is 79.9. The number of nitrogens with zero attached hydrogens (tertiary/aromatic N) is 2. The number of pyridine rings is 2. The van der Waals surface area contributed by atoms with Crippen molar-refractivity contribution >= 4 is 32.5 Å². The fourth-order valence-corrected chi connectivity index (χ4v) is 2.55. The maximum absolute atomic E-state index is 4.62. The van der Waals surface area contributed by atoms with Gasteiger partial charge in [-0.2, -0.15) is 0 Å². The molecule has 100 valence electrons. The minimum Gasteiger partial charge on any atom is -0.379 e. The number of para-hydroxylation sites is 1. The van der Waals surface area contributed by atoms with Crippen molar-refractivity contribution in [2.24, 2.45) is 0 Å². The summed E-state index contributed by atoms with van der Waals surface area (Å²) in [5, 5.41) is 4.58. The first-order valence-corrected chi connectivity index (χ1v) is 7.21. The molecule has 0 aliphatic heterocycles. The van der Waals surface area contributed by atoms with E-state index in [9.17, 15) is 0 Å². The molecule has 1 aromatic carbocycles. The first kappa shape index (κ1) is 13.1. The molecule has 2 heterocycles. The Morgan fingerprint density at radius 1 is 1.15 bits per heavy atom. The highest BCUT2D eigenvalue weighted by Gasteiger charge is 2.03. The zero-order valence-electron chi connectivity index (χ0n) is 11.1. The standard InChI is InChI=1S/C16H14BrN3/c1-11-5-6-13-3-2-4-15(16(13)20-11)19-9-12-7-14(17)10-18-8-12/h2-8,10,19H,9H2,1H3. The Balaban J connectivity index is 1.89. The SMILES string of the molecule is Cc1ccc2cccc(NCc3cncc(Br)c3)c2n1. The van der Waals surface area contributed by atoms with Crippen molar-refractivity contribution < 1.29 is 0 Å². The van der Waals surface area contributed by atoms with Crippen molar-refractivity contribution in [2.75, 3.05) is 5.32 Å². The smallest absolute Gasteiger partial charge is 0.0936 e. The van der Waals surface area contributed by atoms with Crippen LogP contribution in [0, 0.1) is 6.92 Å². The fraction of sp³-hybridized carbons (Fsp3) is 0.125. The van der Waals surface area contributed by atoms with E-state index in [1.54, 1.807) is 6.20 Å². The number of aromatic nitrogens is 2. The molecule has 4 heteroatoms. The van der Waals surface area contributed by atoms with E-state index < -0.39 is 0 Å². The lowest BCUT2D eigenvalue weighted by molar-refractivity contribution is 1.11. The molecule has 0 amide bonds. The molecular weight excluding hydrogens is 314 g/mol. The molecule has 0 radical (unpaired) electrons. The highest BCUT2D eigenvalue weighted by molar-refractivity contribution is 9.10. The lowest BCUT2D eigenvalue weighted by Gasteiger charge is -2.09. The number of aryl methyl sites for hydroxylation is 1. The zero-order valence-corrected chi connectivity index (χ0v) is 12.7. The number of fused-ring (bicyclic) bond motifs is 1. The fourth-order valence-electron chi connectivity index (χ4n) is 2.14. The van der Waals surface area contributed by atoms with Crippen LogP contribution in [0.3, 0.4) is 0 Å². The molecule has 0 unspecified atom stereocenters. The molecule has 0 spiro atoms. The molecule has 3 aromatic rings. The lowest BCUT2D eigenvalue weighted by atomic mass is 10.1. The Hall–Kier alpha value is -1.94. The molecule has 0 atom stereocenters. The van der Waals surface area contributed by atoms with Crippen molar-refractivity contribution in [3.63, 3.8) is 0 Å². The summed E-state index contributed by atoms with van der Waals surface area (Å²) in [6, 6.07) is 12.4. The average molecular weight is 328 g/mol. The van der Waals surface area contributed by atoms with Crippen LogP contribution in [0.5, 0.6) is 0 Å². The second-order valence-corrected chi connectivity index (χ2v) is 5.61. The Morgan fingerprint density at radius 2 is 2.05 bits per heavy atom. The van der Waals surface area contributed by atoms with E-state index in [0.29, 0.717) is 0 Å². The molecule has 2 aromatic heterocycles. The third-order valence-corrected chi connectivity index (χ3v) is 3.54. The summed E-state index contributed by atoms with van der Waals surface area (Å²) >= 11 is 3.44. The van der Waals surface area contributed by atoms with Gasteiger partial charge < -0.3 is 5.32 Å². The van der Waals surface area contributed by atoms with Gasteiger partial charge in [0.2, 0.25) is 0 Å². The Labute approximate surface area is 126 Å². The summed E-state index contributed by atoms with van der Waals surface area (Å²) < 4.78 is 0.990. The summed E-state index contributed by atoms with van der Waals surface area (Å²) in [5.41, 5.74) is 4.21. The van der Waals surface area contributed by atoms with Gasteiger partial charge in [-0.3, -0.25) is 9.97 Å². The van der Waals surface area contributed by atoms with E-state index in [0.717, 1.165) is 38.9 Å². The van der Waals surface area contributed by atoms with E-state index in [-0.39, 0.29) is 0 Å². The Kier molecular flexibility index (Phi) is 3.65. The van der Waals surface area contributed by atoms with Gasteiger partial charge in [0.05, 0.1) is 11.2 Å². The number of hydrogen-bond donors (Lipinski definition) is 1. The molecule has 1 N–H and O–H groups in total. The van der Waals surface area contributed by atoms with Gasteiger partial charge in [-0.1, -0.05) is 18.2 Å². The number of benzene rings is 1. The first-order chi connectivity index (χ1) is 9.72. The molecule has 3 nitrogen and oxygen atoms in total. The van der Waals surface area contributed by atoms with E-state index in [4.69, 9.17) is 0 Å². The molecule has 0 bridgehead atoms. The van der Waals surface area contributed by atoms with Crippen LogP contribution in [-0.2, 0) is 6.54 Å². The lowest BCUT2D eigenvalue weighted by Crippen LogP contribution is -2.01. The predicted molar refractivity (Wildman–Crippen MR) is 85.7 cm³/mol. The maximum atomic E-state index is 4.62. The van der Waals surface area contributed by atoms with Crippen molar-refractivity contribution in [2.45, 2.75) is 13.5 Å². The van der Waals surface area contributed by atoms with Crippen LogP contribution in [0.4, 0.5) is 5.69 Å². The number of hydrogen-bond acceptors (Lipinski definition) is 3. The van der Waals surface area contributed by atoms with Gasteiger partial charge in [0, 0.05) is 34.5 Å². The molecular formula is C16H14BrN3. The summed E-state index contributed by atoms with van der Waals surface area (Å²) in [6.45, 7) is 2.73. The van der Waals surface area contributed by atoms with Crippen LogP contribution in [0.2, 0.25) is 0 Å². The largest absolute Gasteiger partial charge is 0.379 e. The van der Waals surface area contributed by atoms with Gasteiger partial charge in [0.1, 0.15) is 0 Å². The third-order valence-electron chi connectivity index (χ3n) is 3.10. The number of halogens is 1. The molecule has 20 heavy (non-hydrogen) atoms. The van der Waals surface area contributed by atoms with Crippen molar-refractivity contribution in [1.82, 2.24) is 9.97 Å². The van der Waals surface area contributed by atoms with Crippen molar-refractivity contribution in [3.05, 3.63) is 64.5 Å². The molecule has 0 saturated carbocycles. The number of rotatable bonds is 3. The third kappa shape index (κ3) is 2.80. The number of nitrogens with one attached hydrogen (secondary N) is 1. The van der Waals surface area contributed by atoms with E-state index in [2.05, 4.69) is 55.5 Å². The topological polar surface area (TPSA) is 37.8 Å². The maximum Gasteiger partial charge on any atom is 0.0936 e. The van der Waals surface area contributed by atoms with Crippen molar-refractivity contribution in [3.8, 4) is 0 Å². The minimum atomic E-state index is 0.723. The second kappa shape index (κ2) is 5.59. The molecule has 0 aliphatic rings. The summed E-state index contributed by atoms with van der Waals surface area (Å²) in [6.07, 6.45) is 3.65. The van der Waals surface area contributed by atoms with Gasteiger partial charge in [0.15, 0.2) is 0 Å². The molecule has 0 aliphatic carbocycles. The van der Waals surface area contributed by atoms with Crippen LogP contribution >= 0.6 is 15.9 Å². The van der Waals surface area contributed by atoms with Gasteiger partial charge in [-0.05, 0) is 46.6 Å². The first-order valence-electron chi connectivity index (χ1n) is 6.42. The van der Waals surface area contributed by atoms with Crippen LogP contribution < -0.4 is 5.32 Å². The molecule has 0 saturated heterocycles. The quantitative estimate of drug-likeness (QED) is 0.778. The van der Waals surface area contributed by atoms with E-state index in [1.807, 2.05) is 25.3 Å². The van der Waals surface area contributed by atoms with Crippen LogP contribution in [0.25, 0.3) is 10.9 Å².